The highest BCUT2D eigenvalue weighted by atomic mass is 15.2. The number of fused-ring (bicyclic) bond motifs is 5. The van der Waals surface area contributed by atoms with Crippen molar-refractivity contribution in [3.05, 3.63) is 121 Å². The van der Waals surface area contributed by atoms with Gasteiger partial charge in [0.1, 0.15) is 0 Å². The van der Waals surface area contributed by atoms with Gasteiger partial charge in [0.2, 0.25) is 6.71 Å². The van der Waals surface area contributed by atoms with Crippen LogP contribution in [0.25, 0.3) is 43.4 Å². The van der Waals surface area contributed by atoms with Gasteiger partial charge >= 0.3 is 0 Å². The fourth-order valence-electron chi connectivity index (χ4n) is 6.72. The smallest absolute Gasteiger partial charge is 0.248 e. The van der Waals surface area contributed by atoms with Gasteiger partial charge in [-0.3, -0.25) is 0 Å². The van der Waals surface area contributed by atoms with Crippen LogP contribution in [0.15, 0.2) is 121 Å². The summed E-state index contributed by atoms with van der Waals surface area (Å²) in [7, 11) is 0. The zero-order chi connectivity index (χ0) is 26.9. The monoisotopic (exact) mass is 457 g/mol. The van der Waals surface area contributed by atoms with Crippen LogP contribution in [-0.2, 0) is 0 Å². The standard InChI is InChI=1S/C34H20BN/c1-2-11-27-24(9-1)25-10-6-14-31-34(25)35(27)28-12-3-4-13-30(28)36(31)29-20-18-23-16-15-21-7-5-8-22-17-19-26(29)33(23)32(21)22/h1-20H/i3D,4D,12D,13D. The molecule has 2 heterocycles. The molecule has 0 saturated heterocycles. The zero-order valence-corrected chi connectivity index (χ0v) is 19.3. The second-order valence-electron chi connectivity index (χ2n) is 9.80. The molecule has 2 aliphatic heterocycles. The molecule has 0 spiro atoms. The third-order valence-electron chi connectivity index (χ3n) is 8.13. The van der Waals surface area contributed by atoms with Crippen LogP contribution in [0.5, 0.6) is 0 Å². The lowest BCUT2D eigenvalue weighted by molar-refractivity contribution is 1.31. The van der Waals surface area contributed by atoms with Crippen molar-refractivity contribution < 1.29 is 5.48 Å². The summed E-state index contributed by atoms with van der Waals surface area (Å²) in [6.45, 7) is -0.255. The molecule has 0 unspecified atom stereocenters. The molecule has 2 heteroatoms. The van der Waals surface area contributed by atoms with Crippen molar-refractivity contribution in [3.8, 4) is 11.1 Å². The van der Waals surface area contributed by atoms with Crippen LogP contribution >= 0.6 is 0 Å². The van der Waals surface area contributed by atoms with E-state index < -0.39 is 0 Å². The molecule has 0 saturated carbocycles. The van der Waals surface area contributed by atoms with Crippen LogP contribution in [-0.4, -0.2) is 6.71 Å². The lowest BCUT2D eigenvalue weighted by Gasteiger charge is -2.36. The first-order chi connectivity index (χ1) is 19.5. The van der Waals surface area contributed by atoms with E-state index in [-0.39, 0.29) is 30.9 Å². The fraction of sp³-hybridized carbons (Fsp3) is 0. The summed E-state index contributed by atoms with van der Waals surface area (Å²) < 4.78 is 35.6. The van der Waals surface area contributed by atoms with Crippen LogP contribution in [0.3, 0.4) is 0 Å². The largest absolute Gasteiger partial charge is 0.311 e. The second kappa shape index (κ2) is 6.56. The Morgan fingerprint density at radius 1 is 0.528 bits per heavy atom. The fourth-order valence-corrected chi connectivity index (χ4v) is 6.72. The maximum Gasteiger partial charge on any atom is 0.248 e. The maximum atomic E-state index is 9.18. The van der Waals surface area contributed by atoms with Crippen LogP contribution in [0, 0.1) is 0 Å². The van der Waals surface area contributed by atoms with E-state index in [0.29, 0.717) is 11.2 Å². The average molecular weight is 457 g/mol. The van der Waals surface area contributed by atoms with Gasteiger partial charge in [-0.25, -0.2) is 0 Å². The minimum Gasteiger partial charge on any atom is -0.311 e. The van der Waals surface area contributed by atoms with E-state index in [9.17, 15) is 1.37 Å². The van der Waals surface area contributed by atoms with Gasteiger partial charge in [0, 0.05) is 16.8 Å². The van der Waals surface area contributed by atoms with Gasteiger partial charge < -0.3 is 4.90 Å². The molecule has 0 fully saturated rings. The van der Waals surface area contributed by atoms with Gasteiger partial charge in [-0.2, -0.15) is 0 Å². The highest BCUT2D eigenvalue weighted by Gasteiger charge is 2.42. The minimum atomic E-state index is -0.255. The first-order valence-corrected chi connectivity index (χ1v) is 12.3. The summed E-state index contributed by atoms with van der Waals surface area (Å²) in [5.74, 6) is 0. The van der Waals surface area contributed by atoms with Gasteiger partial charge in [0.15, 0.2) is 0 Å². The number of rotatable bonds is 1. The van der Waals surface area contributed by atoms with Crippen LogP contribution in [0.1, 0.15) is 5.48 Å². The first-order valence-electron chi connectivity index (χ1n) is 14.3. The maximum absolute atomic E-state index is 9.18. The number of nitrogens with zero attached hydrogens (tertiary/aromatic N) is 1. The van der Waals surface area contributed by atoms with Gasteiger partial charge in [0.05, 0.1) is 11.2 Å². The predicted molar refractivity (Wildman–Crippen MR) is 155 cm³/mol. The van der Waals surface area contributed by atoms with Crippen molar-refractivity contribution in [2.45, 2.75) is 0 Å². The van der Waals surface area contributed by atoms with Crippen LogP contribution < -0.4 is 21.3 Å². The van der Waals surface area contributed by atoms with Gasteiger partial charge in [-0.1, -0.05) is 109 Å². The number of hydrogen-bond donors (Lipinski definition) is 0. The molecule has 0 aromatic heterocycles. The summed E-state index contributed by atoms with van der Waals surface area (Å²) in [6, 6.07) is 33.5. The molecule has 0 N–H and O–H groups in total. The molecular weight excluding hydrogens is 433 g/mol. The third-order valence-corrected chi connectivity index (χ3v) is 8.13. The Hall–Kier alpha value is -4.56. The van der Waals surface area contributed by atoms with Crippen molar-refractivity contribution in [3.63, 3.8) is 0 Å². The van der Waals surface area contributed by atoms with E-state index in [4.69, 9.17) is 4.11 Å². The van der Waals surface area contributed by atoms with Gasteiger partial charge in [-0.15, -0.1) is 0 Å². The summed E-state index contributed by atoms with van der Waals surface area (Å²) in [5.41, 5.74) is 7.50. The number of para-hydroxylation sites is 1. The van der Waals surface area contributed by atoms with E-state index in [1.165, 1.54) is 21.5 Å². The lowest BCUT2D eigenvalue weighted by Crippen LogP contribution is -2.54. The van der Waals surface area contributed by atoms with Crippen molar-refractivity contribution in [2.75, 3.05) is 4.90 Å². The second-order valence-corrected chi connectivity index (χ2v) is 9.80. The average Bonchev–Trinajstić information content (AvgIpc) is 3.33. The van der Waals surface area contributed by atoms with Crippen molar-refractivity contribution in [2.24, 2.45) is 0 Å². The van der Waals surface area contributed by atoms with Crippen molar-refractivity contribution in [1.29, 1.82) is 0 Å². The molecule has 0 aliphatic carbocycles. The lowest BCUT2D eigenvalue weighted by atomic mass is 9.37. The topological polar surface area (TPSA) is 3.24 Å². The van der Waals surface area contributed by atoms with Crippen LogP contribution in [0.4, 0.5) is 17.1 Å². The molecule has 9 rings (SSSR count). The SMILES string of the molecule is [2H]c1c([2H])c([2H])c2c(c1[2H])B1c3ccccc3-c3cccc(c31)N2c1ccc2ccc3cccc4ccc1c2c34. The van der Waals surface area contributed by atoms with Crippen molar-refractivity contribution >= 4 is 72.5 Å². The van der Waals surface area contributed by atoms with Crippen molar-refractivity contribution in [1.82, 2.24) is 0 Å². The third kappa shape index (κ3) is 2.18. The molecule has 0 radical (unpaired) electrons. The zero-order valence-electron chi connectivity index (χ0n) is 23.3. The Labute approximate surface area is 215 Å². The molecule has 7 aromatic carbocycles. The Balaban J connectivity index is 1.46. The van der Waals surface area contributed by atoms with E-state index >= 15 is 0 Å². The van der Waals surface area contributed by atoms with E-state index in [2.05, 4.69) is 89.8 Å². The molecule has 164 valence electrons. The molecular formula is C34H20BN. The summed E-state index contributed by atoms with van der Waals surface area (Å²) in [5, 5.41) is 6.98. The summed E-state index contributed by atoms with van der Waals surface area (Å²) in [6.07, 6.45) is 0. The molecule has 1 nitrogen and oxygen atoms in total. The number of benzene rings is 7. The minimum absolute atomic E-state index is 0.0119. The Morgan fingerprint density at radius 3 is 2.17 bits per heavy atom. The normalized spacial score (nSPS) is 15.0. The number of anilines is 3. The molecule has 0 amide bonds. The Morgan fingerprint density at radius 2 is 1.25 bits per heavy atom. The Kier molecular flexibility index (Phi) is 2.81. The highest BCUT2D eigenvalue weighted by Crippen LogP contribution is 2.45. The molecule has 2 aliphatic rings. The van der Waals surface area contributed by atoms with Gasteiger partial charge in [0.25, 0.3) is 0 Å². The molecule has 7 aromatic rings. The highest BCUT2D eigenvalue weighted by molar-refractivity contribution is 7.01. The quantitative estimate of drug-likeness (QED) is 0.192. The number of hydrogen-bond acceptors (Lipinski definition) is 1. The Bertz CT molecular complexity index is 2230. The molecule has 36 heavy (non-hydrogen) atoms. The van der Waals surface area contributed by atoms with E-state index in [0.717, 1.165) is 44.2 Å². The summed E-state index contributed by atoms with van der Waals surface area (Å²) >= 11 is 0. The predicted octanol–water partition coefficient (Wildman–Crippen LogP) is 6.86. The van der Waals surface area contributed by atoms with Gasteiger partial charge in [-0.05, 0) is 67.2 Å². The summed E-state index contributed by atoms with van der Waals surface area (Å²) in [4.78, 5) is 2.10. The van der Waals surface area contributed by atoms with Crippen LogP contribution in [0.2, 0.25) is 0 Å². The van der Waals surface area contributed by atoms with E-state index in [1.807, 2.05) is 12.1 Å². The molecule has 0 bridgehead atoms. The molecule has 0 atom stereocenters. The first kappa shape index (κ1) is 15.4. The van der Waals surface area contributed by atoms with E-state index in [1.54, 1.807) is 0 Å².